The van der Waals surface area contributed by atoms with Crippen LogP contribution in [-0.4, -0.2) is 4.92 Å². The van der Waals surface area contributed by atoms with Gasteiger partial charge < -0.3 is 4.74 Å². The van der Waals surface area contributed by atoms with Gasteiger partial charge in [0, 0.05) is 6.07 Å². The summed E-state index contributed by atoms with van der Waals surface area (Å²) in [6.07, 6.45) is 1.11. The van der Waals surface area contributed by atoms with E-state index in [4.69, 9.17) is 4.74 Å². The van der Waals surface area contributed by atoms with Gasteiger partial charge in [0.25, 0.3) is 0 Å². The maximum absolute atomic E-state index is 11.0. The van der Waals surface area contributed by atoms with E-state index in [0.717, 1.165) is 12.0 Å². The number of para-hydroxylation sites is 2. The normalized spacial score (nSPS) is 12.2. The van der Waals surface area contributed by atoms with Gasteiger partial charge in [-0.25, -0.2) is 0 Å². The molecule has 0 fully saturated rings. The zero-order valence-electron chi connectivity index (χ0n) is 13.9. The topological polar surface area (TPSA) is 52.4 Å². The molecule has 1 atom stereocenters. The first kappa shape index (κ1) is 17.0. The Balaban J connectivity index is 2.06. The maximum Gasteiger partial charge on any atom is 0.310 e. The van der Waals surface area contributed by atoms with Gasteiger partial charge in [-0.1, -0.05) is 57.2 Å². The molecule has 4 heteroatoms. The Hall–Kier alpha value is -2.36. The number of nitro benzene ring substituents is 1. The van der Waals surface area contributed by atoms with E-state index in [0.29, 0.717) is 24.2 Å². The third kappa shape index (κ3) is 4.31. The molecule has 0 bridgehead atoms. The monoisotopic (exact) mass is 313 g/mol. The molecule has 23 heavy (non-hydrogen) atoms. The summed E-state index contributed by atoms with van der Waals surface area (Å²) in [5.41, 5.74) is 2.33. The molecule has 0 N–H and O–H groups in total. The number of hydrogen-bond donors (Lipinski definition) is 0. The fourth-order valence-electron chi connectivity index (χ4n) is 2.84. The highest BCUT2D eigenvalue weighted by atomic mass is 16.6. The van der Waals surface area contributed by atoms with Crippen LogP contribution in [0, 0.1) is 16.0 Å². The zero-order valence-corrected chi connectivity index (χ0v) is 13.9. The highest BCUT2D eigenvalue weighted by Gasteiger charge is 2.15. The van der Waals surface area contributed by atoms with Crippen LogP contribution in [0.3, 0.4) is 0 Å². The molecule has 0 aliphatic rings. The van der Waals surface area contributed by atoms with Crippen LogP contribution in [0.1, 0.15) is 44.2 Å². The van der Waals surface area contributed by atoms with Crippen LogP contribution in [0.5, 0.6) is 5.75 Å². The van der Waals surface area contributed by atoms with Crippen molar-refractivity contribution in [3.8, 4) is 5.75 Å². The molecule has 2 aromatic rings. The van der Waals surface area contributed by atoms with E-state index in [2.05, 4.69) is 32.9 Å². The summed E-state index contributed by atoms with van der Waals surface area (Å²) in [5.74, 6) is 1.46. The van der Waals surface area contributed by atoms with E-state index in [1.165, 1.54) is 11.6 Å². The Morgan fingerprint density at radius 1 is 1.09 bits per heavy atom. The minimum Gasteiger partial charge on any atom is -0.482 e. The number of benzene rings is 2. The third-order valence-electron chi connectivity index (χ3n) is 4.11. The van der Waals surface area contributed by atoms with Crippen LogP contribution in [-0.2, 0) is 6.61 Å². The van der Waals surface area contributed by atoms with Gasteiger partial charge in [-0.15, -0.1) is 0 Å². The van der Waals surface area contributed by atoms with Gasteiger partial charge in [0.05, 0.1) is 4.92 Å². The average Bonchev–Trinajstić information content (AvgIpc) is 2.54. The molecule has 2 aromatic carbocycles. The largest absolute Gasteiger partial charge is 0.482 e. The molecule has 0 spiro atoms. The first-order valence-electron chi connectivity index (χ1n) is 7.98. The van der Waals surface area contributed by atoms with Gasteiger partial charge in [-0.05, 0) is 35.4 Å². The summed E-state index contributed by atoms with van der Waals surface area (Å²) in [6.45, 7) is 7.00. The van der Waals surface area contributed by atoms with Crippen molar-refractivity contribution >= 4 is 5.69 Å². The van der Waals surface area contributed by atoms with Crippen molar-refractivity contribution in [3.05, 3.63) is 69.8 Å². The van der Waals surface area contributed by atoms with E-state index in [1.807, 2.05) is 12.1 Å². The van der Waals surface area contributed by atoms with Crippen molar-refractivity contribution in [2.24, 2.45) is 5.92 Å². The lowest BCUT2D eigenvalue weighted by atomic mass is 9.86. The summed E-state index contributed by atoms with van der Waals surface area (Å²) < 4.78 is 5.62. The summed E-state index contributed by atoms with van der Waals surface area (Å²) >= 11 is 0. The summed E-state index contributed by atoms with van der Waals surface area (Å²) in [4.78, 5) is 10.6. The van der Waals surface area contributed by atoms with Crippen molar-refractivity contribution < 1.29 is 9.66 Å². The first-order valence-corrected chi connectivity index (χ1v) is 7.98. The predicted molar refractivity (Wildman–Crippen MR) is 91.7 cm³/mol. The number of rotatable bonds is 7. The molecule has 4 nitrogen and oxygen atoms in total. The summed E-state index contributed by atoms with van der Waals surface area (Å²) in [5, 5.41) is 11.0. The highest BCUT2D eigenvalue weighted by Crippen LogP contribution is 2.29. The molecule has 2 rings (SSSR count). The SMILES string of the molecule is CCC(c1ccc(COc2ccccc2[N+](=O)[O-])cc1)C(C)C. The lowest BCUT2D eigenvalue weighted by Crippen LogP contribution is -2.05. The van der Waals surface area contributed by atoms with Crippen LogP contribution in [0.4, 0.5) is 5.69 Å². The predicted octanol–water partition coefficient (Wildman–Crippen LogP) is 5.32. The van der Waals surface area contributed by atoms with E-state index in [-0.39, 0.29) is 5.69 Å². The van der Waals surface area contributed by atoms with Crippen molar-refractivity contribution in [2.45, 2.75) is 39.7 Å². The second-order valence-corrected chi connectivity index (χ2v) is 6.01. The summed E-state index contributed by atoms with van der Waals surface area (Å²) in [6, 6.07) is 14.8. The minimum absolute atomic E-state index is 0.00465. The van der Waals surface area contributed by atoms with E-state index < -0.39 is 4.92 Å². The van der Waals surface area contributed by atoms with E-state index >= 15 is 0 Å². The molecule has 0 amide bonds. The fraction of sp³-hybridized carbons (Fsp3) is 0.368. The minimum atomic E-state index is -0.424. The van der Waals surface area contributed by atoms with Crippen LogP contribution >= 0.6 is 0 Å². The molecule has 0 radical (unpaired) electrons. The smallest absolute Gasteiger partial charge is 0.310 e. The quantitative estimate of drug-likeness (QED) is 0.513. The van der Waals surface area contributed by atoms with Gasteiger partial charge in [-0.2, -0.15) is 0 Å². The van der Waals surface area contributed by atoms with Gasteiger partial charge in [0.2, 0.25) is 0 Å². The standard InChI is InChI=1S/C19H23NO3/c1-4-17(14(2)3)16-11-9-15(10-12-16)13-23-19-8-6-5-7-18(19)20(21)22/h5-12,14,17H,4,13H2,1-3H3. The third-order valence-corrected chi connectivity index (χ3v) is 4.11. The van der Waals surface area contributed by atoms with Crippen molar-refractivity contribution in [2.75, 3.05) is 0 Å². The second-order valence-electron chi connectivity index (χ2n) is 6.01. The first-order chi connectivity index (χ1) is 11.0. The van der Waals surface area contributed by atoms with Crippen LogP contribution < -0.4 is 4.74 Å². The molecule has 0 aromatic heterocycles. The molecular weight excluding hydrogens is 290 g/mol. The lowest BCUT2D eigenvalue weighted by molar-refractivity contribution is -0.385. The molecule has 0 aliphatic heterocycles. The van der Waals surface area contributed by atoms with Gasteiger partial charge >= 0.3 is 5.69 Å². The van der Waals surface area contributed by atoms with Crippen LogP contribution in [0.25, 0.3) is 0 Å². The maximum atomic E-state index is 11.0. The Bertz CT molecular complexity index is 650. The van der Waals surface area contributed by atoms with E-state index in [1.54, 1.807) is 18.2 Å². The van der Waals surface area contributed by atoms with Gasteiger partial charge in [-0.3, -0.25) is 10.1 Å². The highest BCUT2D eigenvalue weighted by molar-refractivity contribution is 5.45. The molecule has 0 heterocycles. The van der Waals surface area contributed by atoms with Gasteiger partial charge in [0.15, 0.2) is 5.75 Å². The summed E-state index contributed by atoms with van der Waals surface area (Å²) in [7, 11) is 0. The molecule has 0 saturated carbocycles. The molecule has 0 aliphatic carbocycles. The lowest BCUT2D eigenvalue weighted by Gasteiger charge is -2.19. The molecule has 1 unspecified atom stereocenters. The number of nitro groups is 1. The fourth-order valence-corrected chi connectivity index (χ4v) is 2.84. The Morgan fingerprint density at radius 2 is 1.74 bits per heavy atom. The Morgan fingerprint density at radius 3 is 2.30 bits per heavy atom. The average molecular weight is 313 g/mol. The zero-order chi connectivity index (χ0) is 16.8. The van der Waals surface area contributed by atoms with Crippen LogP contribution in [0.15, 0.2) is 48.5 Å². The number of nitrogens with zero attached hydrogens (tertiary/aromatic N) is 1. The number of ether oxygens (including phenoxy) is 1. The van der Waals surface area contributed by atoms with Crippen molar-refractivity contribution in [1.29, 1.82) is 0 Å². The molecular formula is C19H23NO3. The second kappa shape index (κ2) is 7.77. The van der Waals surface area contributed by atoms with Gasteiger partial charge in [0.1, 0.15) is 6.61 Å². The Kier molecular flexibility index (Phi) is 5.74. The molecule has 0 saturated heterocycles. The van der Waals surface area contributed by atoms with E-state index in [9.17, 15) is 10.1 Å². The molecule has 122 valence electrons. The Labute approximate surface area is 137 Å². The van der Waals surface area contributed by atoms with Crippen molar-refractivity contribution in [1.82, 2.24) is 0 Å². The van der Waals surface area contributed by atoms with Crippen LogP contribution in [0.2, 0.25) is 0 Å². The van der Waals surface area contributed by atoms with Crippen molar-refractivity contribution in [3.63, 3.8) is 0 Å². The number of hydrogen-bond acceptors (Lipinski definition) is 3.